The van der Waals surface area contributed by atoms with Crippen LogP contribution in [0, 0.1) is 11.3 Å². The number of rotatable bonds is 3. The van der Waals surface area contributed by atoms with Gasteiger partial charge in [0.15, 0.2) is 0 Å². The van der Waals surface area contributed by atoms with Gasteiger partial charge in [-0.3, -0.25) is 0 Å². The molecule has 1 fully saturated rings. The van der Waals surface area contributed by atoms with Gasteiger partial charge in [-0.25, -0.2) is 0 Å². The molecule has 1 aliphatic heterocycles. The Morgan fingerprint density at radius 2 is 2.11 bits per heavy atom. The maximum atomic E-state index is 6.29. The van der Waals surface area contributed by atoms with Crippen LogP contribution in [-0.2, 0) is 0 Å². The average molecular weight is 267 g/mol. The highest BCUT2D eigenvalue weighted by Crippen LogP contribution is 2.38. The normalized spacial score (nSPS) is 23.1. The van der Waals surface area contributed by atoms with Crippen molar-refractivity contribution in [3.63, 3.8) is 0 Å². The molecule has 0 aliphatic carbocycles. The molecule has 0 radical (unpaired) electrons. The summed E-state index contributed by atoms with van der Waals surface area (Å²) < 4.78 is 0. The van der Waals surface area contributed by atoms with Gasteiger partial charge in [-0.15, -0.1) is 0 Å². The lowest BCUT2D eigenvalue weighted by Gasteiger charge is -2.45. The molecule has 0 bridgehead atoms. The van der Waals surface area contributed by atoms with Crippen molar-refractivity contribution in [2.45, 2.75) is 20.3 Å². The molecular formula is C15H23ClN2. The first kappa shape index (κ1) is 13.7. The standard InChI is InChI=1S/C15H23ClN2/c1-15(2)11-18(9-8-12(15)10-17-3)14-7-5-4-6-13(14)16/h4-7,12,17H,8-11H2,1-3H3. The predicted molar refractivity (Wildman–Crippen MR) is 79.5 cm³/mol. The number of nitrogens with one attached hydrogen (secondary N) is 1. The minimum Gasteiger partial charge on any atom is -0.370 e. The number of hydrogen-bond acceptors (Lipinski definition) is 2. The fraction of sp³-hybridized carbons (Fsp3) is 0.600. The van der Waals surface area contributed by atoms with E-state index in [1.807, 2.05) is 19.2 Å². The van der Waals surface area contributed by atoms with E-state index in [-0.39, 0.29) is 0 Å². The Balaban J connectivity index is 2.14. The average Bonchev–Trinajstić information content (AvgIpc) is 2.32. The van der Waals surface area contributed by atoms with Crippen LogP contribution in [0.1, 0.15) is 20.3 Å². The molecule has 1 atom stereocenters. The fourth-order valence-electron chi connectivity index (χ4n) is 2.94. The van der Waals surface area contributed by atoms with Gasteiger partial charge in [-0.05, 0) is 43.5 Å². The van der Waals surface area contributed by atoms with E-state index in [2.05, 4.69) is 36.2 Å². The lowest BCUT2D eigenvalue weighted by atomic mass is 9.73. The SMILES string of the molecule is CNCC1CCN(c2ccccc2Cl)CC1(C)C. The van der Waals surface area contributed by atoms with Crippen LogP contribution in [0.3, 0.4) is 0 Å². The molecular weight excluding hydrogens is 244 g/mol. The Bertz CT molecular complexity index is 403. The molecule has 1 saturated heterocycles. The van der Waals surface area contributed by atoms with E-state index < -0.39 is 0 Å². The van der Waals surface area contributed by atoms with E-state index >= 15 is 0 Å². The van der Waals surface area contributed by atoms with Crippen LogP contribution in [-0.4, -0.2) is 26.7 Å². The summed E-state index contributed by atoms with van der Waals surface area (Å²) in [6.07, 6.45) is 1.22. The van der Waals surface area contributed by atoms with Gasteiger partial charge < -0.3 is 10.2 Å². The van der Waals surface area contributed by atoms with E-state index in [4.69, 9.17) is 11.6 Å². The minimum atomic E-state index is 0.320. The van der Waals surface area contributed by atoms with Crippen molar-refractivity contribution < 1.29 is 0 Å². The summed E-state index contributed by atoms with van der Waals surface area (Å²) in [7, 11) is 2.04. The van der Waals surface area contributed by atoms with E-state index in [1.165, 1.54) is 12.1 Å². The van der Waals surface area contributed by atoms with Crippen LogP contribution in [0.5, 0.6) is 0 Å². The molecule has 0 saturated carbocycles. The molecule has 1 N–H and O–H groups in total. The quantitative estimate of drug-likeness (QED) is 0.902. The summed E-state index contributed by atoms with van der Waals surface area (Å²) in [5.74, 6) is 0.737. The lowest BCUT2D eigenvalue weighted by Crippen LogP contribution is -2.48. The van der Waals surface area contributed by atoms with Gasteiger partial charge in [-0.2, -0.15) is 0 Å². The number of para-hydroxylation sites is 1. The van der Waals surface area contributed by atoms with Crippen LogP contribution >= 0.6 is 11.6 Å². The Labute approximate surface area is 115 Å². The number of anilines is 1. The zero-order valence-electron chi connectivity index (χ0n) is 11.5. The number of benzene rings is 1. The predicted octanol–water partition coefficient (Wildman–Crippen LogP) is 3.41. The topological polar surface area (TPSA) is 15.3 Å². The van der Waals surface area contributed by atoms with Crippen molar-refractivity contribution >= 4 is 17.3 Å². The third-order valence-electron chi connectivity index (χ3n) is 4.09. The highest BCUT2D eigenvalue weighted by molar-refractivity contribution is 6.33. The number of piperidine rings is 1. The highest BCUT2D eigenvalue weighted by atomic mass is 35.5. The summed E-state index contributed by atoms with van der Waals surface area (Å²) in [6, 6.07) is 8.15. The molecule has 1 heterocycles. The summed E-state index contributed by atoms with van der Waals surface area (Å²) >= 11 is 6.29. The van der Waals surface area contributed by atoms with Gasteiger partial charge in [0, 0.05) is 13.1 Å². The van der Waals surface area contributed by atoms with Gasteiger partial charge in [0.2, 0.25) is 0 Å². The van der Waals surface area contributed by atoms with Gasteiger partial charge >= 0.3 is 0 Å². The number of halogens is 1. The second kappa shape index (κ2) is 5.50. The van der Waals surface area contributed by atoms with E-state index in [9.17, 15) is 0 Å². The van der Waals surface area contributed by atoms with Gasteiger partial charge in [0.1, 0.15) is 0 Å². The van der Waals surface area contributed by atoms with E-state index in [0.29, 0.717) is 5.41 Å². The van der Waals surface area contributed by atoms with Gasteiger partial charge in [-0.1, -0.05) is 37.6 Å². The van der Waals surface area contributed by atoms with Crippen molar-refractivity contribution in [2.24, 2.45) is 11.3 Å². The molecule has 1 aromatic carbocycles. The van der Waals surface area contributed by atoms with E-state index in [1.54, 1.807) is 0 Å². The zero-order valence-corrected chi connectivity index (χ0v) is 12.3. The fourth-order valence-corrected chi connectivity index (χ4v) is 3.20. The van der Waals surface area contributed by atoms with Crippen molar-refractivity contribution in [2.75, 3.05) is 31.6 Å². The Kier molecular flexibility index (Phi) is 4.18. The number of nitrogens with zero attached hydrogens (tertiary/aromatic N) is 1. The molecule has 0 spiro atoms. The Morgan fingerprint density at radius 3 is 2.72 bits per heavy atom. The molecule has 3 heteroatoms. The molecule has 0 amide bonds. The Morgan fingerprint density at radius 1 is 1.39 bits per heavy atom. The third-order valence-corrected chi connectivity index (χ3v) is 4.41. The molecule has 2 rings (SSSR count). The summed E-state index contributed by atoms with van der Waals surface area (Å²) in [6.45, 7) is 7.99. The first-order valence-electron chi connectivity index (χ1n) is 6.68. The van der Waals surface area contributed by atoms with Crippen LogP contribution in [0.15, 0.2) is 24.3 Å². The zero-order chi connectivity index (χ0) is 13.2. The monoisotopic (exact) mass is 266 g/mol. The first-order valence-corrected chi connectivity index (χ1v) is 7.06. The van der Waals surface area contributed by atoms with Crippen molar-refractivity contribution in [1.82, 2.24) is 5.32 Å². The minimum absolute atomic E-state index is 0.320. The smallest absolute Gasteiger partial charge is 0.0639 e. The van der Waals surface area contributed by atoms with Crippen LogP contribution < -0.4 is 10.2 Å². The summed E-state index contributed by atoms with van der Waals surface area (Å²) in [4.78, 5) is 2.43. The summed E-state index contributed by atoms with van der Waals surface area (Å²) in [5, 5.41) is 4.18. The van der Waals surface area contributed by atoms with Crippen LogP contribution in [0.4, 0.5) is 5.69 Å². The maximum absolute atomic E-state index is 6.29. The molecule has 1 aromatic rings. The molecule has 0 aromatic heterocycles. The van der Waals surface area contributed by atoms with Crippen molar-refractivity contribution in [3.8, 4) is 0 Å². The second-order valence-corrected chi connectivity index (χ2v) is 6.31. The molecule has 100 valence electrons. The van der Waals surface area contributed by atoms with Crippen LogP contribution in [0.2, 0.25) is 5.02 Å². The molecule has 1 aliphatic rings. The van der Waals surface area contributed by atoms with E-state index in [0.717, 1.165) is 30.6 Å². The third kappa shape index (κ3) is 2.81. The van der Waals surface area contributed by atoms with Crippen LogP contribution in [0.25, 0.3) is 0 Å². The number of hydrogen-bond donors (Lipinski definition) is 1. The summed E-state index contributed by atoms with van der Waals surface area (Å²) in [5.41, 5.74) is 1.50. The Hall–Kier alpha value is -0.730. The molecule has 18 heavy (non-hydrogen) atoms. The maximum Gasteiger partial charge on any atom is 0.0639 e. The molecule has 1 unspecified atom stereocenters. The van der Waals surface area contributed by atoms with Crippen molar-refractivity contribution in [1.29, 1.82) is 0 Å². The largest absolute Gasteiger partial charge is 0.370 e. The van der Waals surface area contributed by atoms with Crippen molar-refractivity contribution in [3.05, 3.63) is 29.3 Å². The van der Waals surface area contributed by atoms with Gasteiger partial charge in [0.05, 0.1) is 10.7 Å². The first-order chi connectivity index (χ1) is 8.54. The second-order valence-electron chi connectivity index (χ2n) is 5.90. The molecule has 2 nitrogen and oxygen atoms in total. The van der Waals surface area contributed by atoms with Gasteiger partial charge in [0.25, 0.3) is 0 Å². The highest BCUT2D eigenvalue weighted by Gasteiger charge is 2.35. The lowest BCUT2D eigenvalue weighted by molar-refractivity contribution is 0.174.